The minimum atomic E-state index is -0.126. The number of para-hydroxylation sites is 1. The molecule has 180 valence electrons. The smallest absolute Gasteiger partial charge is 0.233 e. The summed E-state index contributed by atoms with van der Waals surface area (Å²) >= 11 is 1.31. The lowest BCUT2D eigenvalue weighted by Crippen LogP contribution is -2.34. The van der Waals surface area contributed by atoms with Crippen LogP contribution in [-0.2, 0) is 11.3 Å². The van der Waals surface area contributed by atoms with Gasteiger partial charge in [0.25, 0.3) is 0 Å². The summed E-state index contributed by atoms with van der Waals surface area (Å²) in [5, 5.41) is 28.3. The van der Waals surface area contributed by atoms with Crippen molar-refractivity contribution in [1.29, 1.82) is 10.5 Å². The molecule has 0 bridgehead atoms. The van der Waals surface area contributed by atoms with E-state index in [1.165, 1.54) is 11.8 Å². The van der Waals surface area contributed by atoms with Crippen LogP contribution in [0.3, 0.4) is 0 Å². The van der Waals surface area contributed by atoms with Crippen LogP contribution in [0.5, 0.6) is 0 Å². The maximum atomic E-state index is 12.8. The average molecular weight is 496 g/mol. The van der Waals surface area contributed by atoms with Crippen LogP contribution in [0.2, 0.25) is 0 Å². The first-order chi connectivity index (χ1) is 17.7. The Labute approximate surface area is 214 Å². The Bertz CT molecular complexity index is 1420. The zero-order valence-electron chi connectivity index (χ0n) is 20.0. The van der Waals surface area contributed by atoms with Crippen LogP contribution >= 0.6 is 11.8 Å². The maximum absolute atomic E-state index is 12.8. The van der Waals surface area contributed by atoms with Gasteiger partial charge in [0, 0.05) is 36.1 Å². The van der Waals surface area contributed by atoms with Gasteiger partial charge in [-0.05, 0) is 19.1 Å². The van der Waals surface area contributed by atoms with E-state index in [1.54, 1.807) is 4.90 Å². The van der Waals surface area contributed by atoms with Gasteiger partial charge in [-0.1, -0.05) is 60.3 Å². The largest absolute Gasteiger partial charge is 0.340 e. The number of nitriles is 2. The van der Waals surface area contributed by atoms with Crippen LogP contribution in [0.25, 0.3) is 33.5 Å². The number of pyridine rings is 1. The number of amides is 1. The predicted octanol–water partition coefficient (Wildman–Crippen LogP) is 4.93. The summed E-state index contributed by atoms with van der Waals surface area (Å²) in [4.78, 5) is 19.2. The van der Waals surface area contributed by atoms with Crippen molar-refractivity contribution >= 4 is 28.6 Å². The van der Waals surface area contributed by atoms with Gasteiger partial charge < -0.3 is 9.47 Å². The lowest BCUT2D eigenvalue weighted by atomic mass is 10.0. The third kappa shape index (κ3) is 5.54. The molecule has 8 nitrogen and oxygen atoms in total. The molecule has 0 spiro atoms. The highest BCUT2D eigenvalue weighted by Gasteiger charge is 2.20. The van der Waals surface area contributed by atoms with E-state index in [4.69, 9.17) is 15.5 Å². The molecule has 0 fully saturated rings. The van der Waals surface area contributed by atoms with E-state index in [0.717, 1.165) is 27.7 Å². The van der Waals surface area contributed by atoms with Crippen molar-refractivity contribution in [2.75, 3.05) is 18.8 Å². The zero-order chi connectivity index (χ0) is 25.3. The van der Waals surface area contributed by atoms with Gasteiger partial charge >= 0.3 is 0 Å². The summed E-state index contributed by atoms with van der Waals surface area (Å²) < 4.78 is 2.00. The minimum absolute atomic E-state index is 0.126. The Morgan fingerprint density at radius 2 is 1.69 bits per heavy atom. The van der Waals surface area contributed by atoms with Gasteiger partial charge in [-0.15, -0.1) is 10.2 Å². The van der Waals surface area contributed by atoms with Gasteiger partial charge in [-0.2, -0.15) is 10.5 Å². The number of hydrogen-bond acceptors (Lipinski definition) is 7. The van der Waals surface area contributed by atoms with E-state index in [0.29, 0.717) is 30.6 Å². The van der Waals surface area contributed by atoms with Crippen molar-refractivity contribution in [3.63, 3.8) is 0 Å². The first-order valence-electron chi connectivity index (χ1n) is 11.7. The first kappa shape index (κ1) is 24.9. The van der Waals surface area contributed by atoms with Gasteiger partial charge in [0.05, 0.1) is 41.9 Å². The van der Waals surface area contributed by atoms with E-state index < -0.39 is 0 Å². The predicted molar refractivity (Wildman–Crippen MR) is 140 cm³/mol. The number of thioether (sulfide) groups is 1. The summed E-state index contributed by atoms with van der Waals surface area (Å²) in [7, 11) is 0. The van der Waals surface area contributed by atoms with Gasteiger partial charge in [-0.3, -0.25) is 4.79 Å². The fourth-order valence-corrected chi connectivity index (χ4v) is 4.85. The number of carbonyl (C=O) groups is 1. The van der Waals surface area contributed by atoms with Crippen LogP contribution in [0.1, 0.15) is 19.8 Å². The van der Waals surface area contributed by atoms with Crippen LogP contribution in [0.4, 0.5) is 0 Å². The lowest BCUT2D eigenvalue weighted by molar-refractivity contribution is -0.128. The molecular formula is C27H25N7OS. The number of hydrogen-bond donors (Lipinski definition) is 0. The van der Waals surface area contributed by atoms with Crippen molar-refractivity contribution in [2.45, 2.75) is 31.5 Å². The molecule has 0 N–H and O–H groups in total. The van der Waals surface area contributed by atoms with Crippen LogP contribution < -0.4 is 0 Å². The number of rotatable bonds is 10. The van der Waals surface area contributed by atoms with Gasteiger partial charge in [0.1, 0.15) is 0 Å². The number of nitrogens with zero attached hydrogens (tertiary/aromatic N) is 7. The standard InChI is InChI=1S/C27H25N7OS/c1-2-34-26(31-32-27(34)36-19-25(35)33(16-8-14-28)17-9-15-29)22-18-24(20-10-4-3-5-11-20)30-23-13-7-6-12-21(22)23/h3-7,10-13,18H,2,8-9,16-17,19H2,1H3. The molecule has 0 unspecified atom stereocenters. The third-order valence-corrected chi connectivity index (χ3v) is 6.68. The Morgan fingerprint density at radius 3 is 2.39 bits per heavy atom. The molecule has 0 radical (unpaired) electrons. The second-order valence-corrected chi connectivity index (χ2v) is 8.92. The van der Waals surface area contributed by atoms with Crippen LogP contribution in [0.15, 0.2) is 65.8 Å². The third-order valence-electron chi connectivity index (χ3n) is 5.72. The van der Waals surface area contributed by atoms with Crippen molar-refractivity contribution in [2.24, 2.45) is 0 Å². The summed E-state index contributed by atoms with van der Waals surface area (Å²) in [5.41, 5.74) is 3.67. The average Bonchev–Trinajstić information content (AvgIpc) is 3.34. The van der Waals surface area contributed by atoms with Gasteiger partial charge in [0.2, 0.25) is 5.91 Å². The quantitative estimate of drug-likeness (QED) is 0.287. The molecule has 4 aromatic rings. The molecule has 0 aliphatic carbocycles. The Hall–Kier alpha value is -4.21. The molecule has 1 amide bonds. The van der Waals surface area contributed by atoms with Crippen molar-refractivity contribution in [1.82, 2.24) is 24.6 Å². The van der Waals surface area contributed by atoms with Gasteiger partial charge in [0.15, 0.2) is 11.0 Å². The molecule has 0 saturated heterocycles. The maximum Gasteiger partial charge on any atom is 0.233 e. The zero-order valence-corrected chi connectivity index (χ0v) is 20.8. The highest BCUT2D eigenvalue weighted by atomic mass is 32.2. The van der Waals surface area contributed by atoms with Crippen LogP contribution in [0, 0.1) is 22.7 Å². The van der Waals surface area contributed by atoms with Crippen LogP contribution in [-0.4, -0.2) is 49.4 Å². The molecule has 9 heteroatoms. The Morgan fingerprint density at radius 1 is 1.00 bits per heavy atom. The van der Waals surface area contributed by atoms with E-state index >= 15 is 0 Å². The van der Waals surface area contributed by atoms with Crippen molar-refractivity contribution in [3.05, 3.63) is 60.7 Å². The lowest BCUT2D eigenvalue weighted by Gasteiger charge is -2.20. The molecule has 0 saturated carbocycles. The SMILES string of the molecule is CCn1c(SCC(=O)N(CCC#N)CCC#N)nnc1-c1cc(-c2ccccc2)nc2ccccc12. The summed E-state index contributed by atoms with van der Waals surface area (Å²) in [6.45, 7) is 3.28. The van der Waals surface area contributed by atoms with E-state index in [-0.39, 0.29) is 24.5 Å². The fourth-order valence-electron chi connectivity index (χ4n) is 3.95. The summed E-state index contributed by atoms with van der Waals surface area (Å²) in [6.07, 6.45) is 0.464. The molecule has 2 heterocycles. The normalized spacial score (nSPS) is 10.6. The Kier molecular flexibility index (Phi) is 8.28. The summed E-state index contributed by atoms with van der Waals surface area (Å²) in [6, 6.07) is 24.1. The minimum Gasteiger partial charge on any atom is -0.340 e. The Balaban J connectivity index is 1.65. The second kappa shape index (κ2) is 12.0. The molecule has 0 aliphatic rings. The topological polar surface area (TPSA) is 111 Å². The molecule has 0 atom stereocenters. The summed E-state index contributed by atoms with van der Waals surface area (Å²) in [5.74, 6) is 0.744. The molecule has 36 heavy (non-hydrogen) atoms. The van der Waals surface area contributed by atoms with Gasteiger partial charge in [-0.25, -0.2) is 4.98 Å². The monoisotopic (exact) mass is 495 g/mol. The van der Waals surface area contributed by atoms with E-state index in [2.05, 4.69) is 22.3 Å². The number of aromatic nitrogens is 4. The van der Waals surface area contributed by atoms with E-state index in [9.17, 15) is 4.79 Å². The highest BCUT2D eigenvalue weighted by molar-refractivity contribution is 7.99. The molecule has 4 rings (SSSR count). The highest BCUT2D eigenvalue weighted by Crippen LogP contribution is 2.33. The van der Waals surface area contributed by atoms with Crippen molar-refractivity contribution < 1.29 is 4.79 Å². The molecule has 2 aromatic heterocycles. The number of carbonyl (C=O) groups excluding carboxylic acids is 1. The number of fused-ring (bicyclic) bond motifs is 1. The molecule has 0 aliphatic heterocycles. The van der Waals surface area contributed by atoms with Crippen molar-refractivity contribution in [3.8, 4) is 34.8 Å². The fraction of sp³-hybridized carbons (Fsp3) is 0.259. The van der Waals surface area contributed by atoms with E-state index in [1.807, 2.05) is 72.2 Å². The second-order valence-electron chi connectivity index (χ2n) is 7.97. The molecule has 2 aromatic carbocycles. The number of benzene rings is 2. The molecular weight excluding hydrogens is 470 g/mol. The first-order valence-corrected chi connectivity index (χ1v) is 12.7.